The van der Waals surface area contributed by atoms with E-state index in [1.807, 2.05) is 20.8 Å². The number of nitrogens with zero attached hydrogens (tertiary/aromatic N) is 4. The number of aryl methyl sites for hydroxylation is 2. The summed E-state index contributed by atoms with van der Waals surface area (Å²) in [5.74, 6) is 2.00. The summed E-state index contributed by atoms with van der Waals surface area (Å²) in [4.78, 5) is 16.7. The Bertz CT molecular complexity index is 675. The van der Waals surface area contributed by atoms with Gasteiger partial charge in [0.05, 0.1) is 16.6 Å². The number of hydrogen-bond acceptors (Lipinski definition) is 4. The minimum atomic E-state index is 0.580. The predicted molar refractivity (Wildman–Crippen MR) is 91.5 cm³/mol. The van der Waals surface area contributed by atoms with Crippen LogP contribution in [0.4, 0.5) is 5.82 Å². The van der Waals surface area contributed by atoms with Gasteiger partial charge in [0.25, 0.3) is 0 Å². The molecule has 4 heteroatoms. The molecule has 1 atom stereocenters. The molecule has 2 aliphatic heterocycles. The maximum atomic E-state index is 4.78. The summed E-state index contributed by atoms with van der Waals surface area (Å²) in [6.07, 6.45) is 6.26. The zero-order chi connectivity index (χ0) is 15.7. The Morgan fingerprint density at radius 3 is 2.68 bits per heavy atom. The average Bonchev–Trinajstić information content (AvgIpc) is 2.74. The minimum absolute atomic E-state index is 0.580. The summed E-state index contributed by atoms with van der Waals surface area (Å²) in [5, 5.41) is 1.19. The Labute approximate surface area is 133 Å². The Balaban J connectivity index is 0.000000693. The maximum absolute atomic E-state index is 4.78. The van der Waals surface area contributed by atoms with E-state index in [0.29, 0.717) is 6.04 Å². The third-order valence-corrected chi connectivity index (χ3v) is 4.55. The van der Waals surface area contributed by atoms with E-state index in [2.05, 4.69) is 22.9 Å². The van der Waals surface area contributed by atoms with Crippen molar-refractivity contribution in [2.75, 3.05) is 11.4 Å². The van der Waals surface area contributed by atoms with Crippen molar-refractivity contribution in [3.05, 3.63) is 23.3 Å². The molecule has 0 bridgehead atoms. The van der Waals surface area contributed by atoms with Crippen LogP contribution >= 0.6 is 0 Å². The van der Waals surface area contributed by atoms with Crippen LogP contribution in [0.25, 0.3) is 10.9 Å². The molecule has 2 aromatic heterocycles. The van der Waals surface area contributed by atoms with Gasteiger partial charge in [-0.15, -0.1) is 0 Å². The molecule has 2 aromatic rings. The summed E-state index contributed by atoms with van der Waals surface area (Å²) >= 11 is 0. The van der Waals surface area contributed by atoms with Crippen molar-refractivity contribution < 1.29 is 0 Å². The van der Waals surface area contributed by atoms with Crippen LogP contribution in [0.1, 0.15) is 56.7 Å². The Hall–Kier alpha value is -1.71. The van der Waals surface area contributed by atoms with Crippen LogP contribution in [0.15, 0.2) is 6.07 Å². The molecule has 118 valence electrons. The largest absolute Gasteiger partial charge is 0.353 e. The molecule has 1 unspecified atom stereocenters. The first-order valence-corrected chi connectivity index (χ1v) is 8.64. The molecule has 0 saturated carbocycles. The normalized spacial score (nSPS) is 20.0. The quantitative estimate of drug-likeness (QED) is 0.738. The molecule has 0 aliphatic carbocycles. The van der Waals surface area contributed by atoms with Crippen molar-refractivity contribution in [2.24, 2.45) is 0 Å². The van der Waals surface area contributed by atoms with Crippen LogP contribution in [0.3, 0.4) is 0 Å². The van der Waals surface area contributed by atoms with E-state index in [9.17, 15) is 0 Å². The van der Waals surface area contributed by atoms with Crippen molar-refractivity contribution in [2.45, 2.75) is 65.8 Å². The third kappa shape index (κ3) is 2.55. The molecule has 1 fully saturated rings. The summed E-state index contributed by atoms with van der Waals surface area (Å²) in [7, 11) is 0. The fourth-order valence-electron chi connectivity index (χ4n) is 3.71. The number of aromatic nitrogens is 3. The number of rotatable bonds is 0. The third-order valence-electron chi connectivity index (χ3n) is 4.55. The fourth-order valence-corrected chi connectivity index (χ4v) is 3.71. The van der Waals surface area contributed by atoms with Crippen molar-refractivity contribution in [3.8, 4) is 0 Å². The number of anilines is 1. The smallest absolute Gasteiger partial charge is 0.142 e. The zero-order valence-corrected chi connectivity index (χ0v) is 14.2. The van der Waals surface area contributed by atoms with E-state index in [1.165, 1.54) is 36.8 Å². The standard InChI is InChI=1S/C16H20N4.C2H6/c1-10-8-13-15-14(17-10)9-12-6-4-3-5-7-20(12)16(15)19-11(2)18-13;1-2/h8,12H,3-7,9H2,1-2H3;1-2H3. The first kappa shape index (κ1) is 15.2. The van der Waals surface area contributed by atoms with Crippen molar-refractivity contribution in [3.63, 3.8) is 0 Å². The monoisotopic (exact) mass is 298 g/mol. The topological polar surface area (TPSA) is 41.9 Å². The van der Waals surface area contributed by atoms with E-state index >= 15 is 0 Å². The zero-order valence-electron chi connectivity index (χ0n) is 14.2. The fraction of sp³-hybridized carbons (Fsp3) is 0.611. The Morgan fingerprint density at radius 1 is 1.05 bits per heavy atom. The molecule has 0 N–H and O–H groups in total. The van der Waals surface area contributed by atoms with Gasteiger partial charge in [-0.2, -0.15) is 0 Å². The summed E-state index contributed by atoms with van der Waals surface area (Å²) in [6.45, 7) is 9.18. The molecule has 0 radical (unpaired) electrons. The molecular weight excluding hydrogens is 272 g/mol. The van der Waals surface area contributed by atoms with Crippen molar-refractivity contribution in [1.82, 2.24) is 15.0 Å². The van der Waals surface area contributed by atoms with E-state index in [1.54, 1.807) is 0 Å². The van der Waals surface area contributed by atoms with E-state index in [4.69, 9.17) is 9.97 Å². The summed E-state index contributed by atoms with van der Waals surface area (Å²) in [6, 6.07) is 2.67. The number of pyridine rings is 1. The summed E-state index contributed by atoms with van der Waals surface area (Å²) < 4.78 is 0. The Kier molecular flexibility index (Phi) is 4.27. The molecule has 22 heavy (non-hydrogen) atoms. The second-order valence-corrected chi connectivity index (χ2v) is 6.10. The van der Waals surface area contributed by atoms with Crippen LogP contribution in [0.2, 0.25) is 0 Å². The molecule has 0 amide bonds. The lowest BCUT2D eigenvalue weighted by Gasteiger charge is -2.36. The molecule has 0 spiro atoms. The molecule has 2 aliphatic rings. The van der Waals surface area contributed by atoms with Gasteiger partial charge in [-0.1, -0.05) is 26.7 Å². The van der Waals surface area contributed by atoms with Crippen molar-refractivity contribution in [1.29, 1.82) is 0 Å². The van der Waals surface area contributed by atoms with Crippen LogP contribution in [-0.2, 0) is 6.42 Å². The van der Waals surface area contributed by atoms with Gasteiger partial charge >= 0.3 is 0 Å². The van der Waals surface area contributed by atoms with Crippen LogP contribution in [0.5, 0.6) is 0 Å². The van der Waals surface area contributed by atoms with Gasteiger partial charge in [-0.25, -0.2) is 9.97 Å². The molecular formula is C18H26N4. The van der Waals surface area contributed by atoms with Gasteiger partial charge in [0, 0.05) is 24.7 Å². The van der Waals surface area contributed by atoms with Gasteiger partial charge in [0.1, 0.15) is 11.6 Å². The lowest BCUT2D eigenvalue weighted by Crippen LogP contribution is -2.40. The van der Waals surface area contributed by atoms with Gasteiger partial charge in [-0.05, 0) is 32.8 Å². The van der Waals surface area contributed by atoms with E-state index in [-0.39, 0.29) is 0 Å². The highest BCUT2D eigenvalue weighted by Crippen LogP contribution is 2.36. The van der Waals surface area contributed by atoms with Crippen LogP contribution in [-0.4, -0.2) is 27.5 Å². The predicted octanol–water partition coefficient (Wildman–Crippen LogP) is 3.97. The lowest BCUT2D eigenvalue weighted by molar-refractivity contribution is 0.551. The lowest BCUT2D eigenvalue weighted by atomic mass is 9.97. The number of fused-ring (bicyclic) bond motifs is 2. The minimum Gasteiger partial charge on any atom is -0.353 e. The van der Waals surface area contributed by atoms with E-state index < -0.39 is 0 Å². The van der Waals surface area contributed by atoms with E-state index in [0.717, 1.165) is 35.8 Å². The molecule has 0 aromatic carbocycles. The van der Waals surface area contributed by atoms with Gasteiger partial charge in [0.2, 0.25) is 0 Å². The molecule has 4 rings (SSSR count). The second kappa shape index (κ2) is 6.19. The van der Waals surface area contributed by atoms with Crippen LogP contribution < -0.4 is 4.90 Å². The highest BCUT2D eigenvalue weighted by molar-refractivity contribution is 5.93. The Morgan fingerprint density at radius 2 is 1.86 bits per heavy atom. The number of hydrogen-bond donors (Lipinski definition) is 0. The maximum Gasteiger partial charge on any atom is 0.142 e. The molecule has 4 nitrogen and oxygen atoms in total. The van der Waals surface area contributed by atoms with Crippen molar-refractivity contribution >= 4 is 16.7 Å². The first-order chi connectivity index (χ1) is 10.7. The second-order valence-electron chi connectivity index (χ2n) is 6.10. The first-order valence-electron chi connectivity index (χ1n) is 8.64. The highest BCUT2D eigenvalue weighted by Gasteiger charge is 2.31. The van der Waals surface area contributed by atoms with Crippen LogP contribution in [0, 0.1) is 13.8 Å². The van der Waals surface area contributed by atoms with Gasteiger partial charge < -0.3 is 4.90 Å². The highest BCUT2D eigenvalue weighted by atomic mass is 15.2. The van der Waals surface area contributed by atoms with Gasteiger partial charge in [0.15, 0.2) is 0 Å². The molecule has 1 saturated heterocycles. The summed E-state index contributed by atoms with van der Waals surface area (Å²) in [5.41, 5.74) is 3.34. The average molecular weight is 298 g/mol. The molecule has 4 heterocycles. The van der Waals surface area contributed by atoms with Gasteiger partial charge in [-0.3, -0.25) is 4.98 Å². The SMILES string of the molecule is CC.Cc1cc2nc(C)nc3c2c(n1)CC1CCCCCN31.